The second kappa shape index (κ2) is 6.24. The Balaban J connectivity index is 1.59. The fraction of sp³-hybridized carbons (Fsp3) is 0.923. The van der Waals surface area contributed by atoms with E-state index in [1.807, 2.05) is 0 Å². The van der Waals surface area contributed by atoms with Crippen LogP contribution in [0, 0.1) is 5.92 Å². The van der Waals surface area contributed by atoms with Crippen molar-refractivity contribution in [1.29, 1.82) is 0 Å². The third-order valence-corrected chi connectivity index (χ3v) is 4.13. The number of carbonyl (C=O) groups is 1. The first-order valence-corrected chi connectivity index (χ1v) is 7.04. The number of nitrogens with one attached hydrogen (secondary N) is 2. The highest BCUT2D eigenvalue weighted by atomic mass is 16.2. The third-order valence-electron chi connectivity index (χ3n) is 4.13. The molecule has 2 saturated carbocycles. The van der Waals surface area contributed by atoms with Crippen molar-refractivity contribution in [2.24, 2.45) is 11.7 Å². The number of hydrogen-bond acceptors (Lipinski definition) is 2. The minimum atomic E-state index is 0.0202. The maximum absolute atomic E-state index is 11.7. The molecule has 0 radical (unpaired) electrons. The summed E-state index contributed by atoms with van der Waals surface area (Å²) in [5.74, 6) is 0.629. The molecule has 0 heterocycles. The Morgan fingerprint density at radius 2 is 1.71 bits per heavy atom. The molecule has 0 bridgehead atoms. The number of nitrogens with two attached hydrogens (primary N) is 1. The van der Waals surface area contributed by atoms with Gasteiger partial charge in [-0.2, -0.15) is 0 Å². The van der Waals surface area contributed by atoms with Gasteiger partial charge in [0, 0.05) is 18.6 Å². The zero-order valence-electron chi connectivity index (χ0n) is 10.6. The standard InChI is InChI=1S/C13H25N3O/c14-11-7-5-10(6-8-11)9-15-13(17)16-12-3-1-2-4-12/h10-12H,1-9,14H2,(H2,15,16,17). The van der Waals surface area contributed by atoms with Crippen LogP contribution >= 0.6 is 0 Å². The van der Waals surface area contributed by atoms with Gasteiger partial charge in [0.15, 0.2) is 0 Å². The fourth-order valence-corrected chi connectivity index (χ4v) is 2.94. The summed E-state index contributed by atoms with van der Waals surface area (Å²) in [6.45, 7) is 0.811. The Labute approximate surface area is 104 Å². The summed E-state index contributed by atoms with van der Waals surface area (Å²) in [7, 11) is 0. The van der Waals surface area contributed by atoms with Crippen LogP contribution in [0.25, 0.3) is 0 Å². The Hall–Kier alpha value is -0.770. The topological polar surface area (TPSA) is 67.1 Å². The lowest BCUT2D eigenvalue weighted by atomic mass is 9.86. The van der Waals surface area contributed by atoms with Crippen LogP contribution in [-0.2, 0) is 0 Å². The van der Waals surface area contributed by atoms with Crippen molar-refractivity contribution in [2.75, 3.05) is 6.54 Å². The lowest BCUT2D eigenvalue weighted by molar-refractivity contribution is 0.231. The highest BCUT2D eigenvalue weighted by Gasteiger charge is 2.20. The summed E-state index contributed by atoms with van der Waals surface area (Å²) < 4.78 is 0. The normalized spacial score (nSPS) is 30.2. The molecule has 0 aromatic carbocycles. The summed E-state index contributed by atoms with van der Waals surface area (Å²) in [6.07, 6.45) is 9.33. The summed E-state index contributed by atoms with van der Waals surface area (Å²) in [6, 6.07) is 0.820. The highest BCUT2D eigenvalue weighted by Crippen LogP contribution is 2.22. The van der Waals surface area contributed by atoms with Crippen LogP contribution in [-0.4, -0.2) is 24.7 Å². The molecule has 2 fully saturated rings. The molecule has 0 saturated heterocycles. The molecule has 0 aliphatic heterocycles. The van der Waals surface area contributed by atoms with Crippen molar-refractivity contribution in [3.8, 4) is 0 Å². The fourth-order valence-electron chi connectivity index (χ4n) is 2.94. The van der Waals surface area contributed by atoms with Gasteiger partial charge in [-0.25, -0.2) is 4.79 Å². The molecule has 98 valence electrons. The minimum absolute atomic E-state index is 0.0202. The molecule has 4 heteroatoms. The Bertz CT molecular complexity index is 243. The molecule has 2 amide bonds. The first-order valence-electron chi connectivity index (χ1n) is 7.04. The summed E-state index contributed by atoms with van der Waals surface area (Å²) in [5, 5.41) is 6.06. The lowest BCUT2D eigenvalue weighted by Crippen LogP contribution is -2.43. The van der Waals surface area contributed by atoms with E-state index in [4.69, 9.17) is 5.73 Å². The SMILES string of the molecule is NC1CCC(CNC(=O)NC2CCCC2)CC1. The van der Waals surface area contributed by atoms with E-state index in [9.17, 15) is 4.79 Å². The molecule has 2 rings (SSSR count). The van der Waals surface area contributed by atoms with Crippen molar-refractivity contribution < 1.29 is 4.79 Å². The van der Waals surface area contributed by atoms with Gasteiger partial charge in [0.25, 0.3) is 0 Å². The first-order chi connectivity index (χ1) is 8.24. The molecular formula is C13H25N3O. The largest absolute Gasteiger partial charge is 0.338 e. The van der Waals surface area contributed by atoms with E-state index in [2.05, 4.69) is 10.6 Å². The molecule has 4 N–H and O–H groups in total. The number of carbonyl (C=O) groups excluding carboxylic acids is 1. The Kier molecular flexibility index (Phi) is 4.66. The Morgan fingerprint density at radius 1 is 1.06 bits per heavy atom. The van der Waals surface area contributed by atoms with E-state index < -0.39 is 0 Å². The Morgan fingerprint density at radius 3 is 2.35 bits per heavy atom. The van der Waals surface area contributed by atoms with Crippen LogP contribution in [0.3, 0.4) is 0 Å². The van der Waals surface area contributed by atoms with Crippen molar-refractivity contribution in [2.45, 2.75) is 63.5 Å². The summed E-state index contributed by atoms with van der Waals surface area (Å²) in [4.78, 5) is 11.7. The van der Waals surface area contributed by atoms with Crippen LogP contribution in [0.5, 0.6) is 0 Å². The second-order valence-electron chi connectivity index (χ2n) is 5.62. The van der Waals surface area contributed by atoms with Gasteiger partial charge < -0.3 is 16.4 Å². The molecule has 0 aromatic rings. The molecule has 0 aromatic heterocycles. The first kappa shape index (κ1) is 12.7. The molecule has 0 atom stereocenters. The number of rotatable bonds is 3. The van der Waals surface area contributed by atoms with Crippen molar-refractivity contribution in [3.05, 3.63) is 0 Å². The lowest BCUT2D eigenvalue weighted by Gasteiger charge is -2.26. The van der Waals surface area contributed by atoms with E-state index in [1.165, 1.54) is 12.8 Å². The third kappa shape index (κ3) is 4.19. The minimum Gasteiger partial charge on any atom is -0.338 e. The zero-order valence-corrected chi connectivity index (χ0v) is 10.6. The summed E-state index contributed by atoms with van der Waals surface area (Å²) in [5.41, 5.74) is 5.86. The molecule has 0 spiro atoms. The van der Waals surface area contributed by atoms with Gasteiger partial charge in [0.2, 0.25) is 0 Å². The van der Waals surface area contributed by atoms with Crippen LogP contribution in [0.1, 0.15) is 51.4 Å². The number of hydrogen-bond donors (Lipinski definition) is 3. The van der Waals surface area contributed by atoms with Gasteiger partial charge in [-0.1, -0.05) is 12.8 Å². The van der Waals surface area contributed by atoms with Crippen molar-refractivity contribution >= 4 is 6.03 Å². The molecule has 4 nitrogen and oxygen atoms in total. The van der Waals surface area contributed by atoms with E-state index in [1.54, 1.807) is 0 Å². The molecule has 0 unspecified atom stereocenters. The summed E-state index contributed by atoms with van der Waals surface area (Å²) >= 11 is 0. The quantitative estimate of drug-likeness (QED) is 0.702. The zero-order chi connectivity index (χ0) is 12.1. The van der Waals surface area contributed by atoms with Crippen LogP contribution in [0.2, 0.25) is 0 Å². The maximum atomic E-state index is 11.7. The van der Waals surface area contributed by atoms with Crippen LogP contribution < -0.4 is 16.4 Å². The van der Waals surface area contributed by atoms with Gasteiger partial charge in [-0.05, 0) is 44.4 Å². The van der Waals surface area contributed by atoms with Gasteiger partial charge >= 0.3 is 6.03 Å². The van der Waals surface area contributed by atoms with Gasteiger partial charge in [0.05, 0.1) is 0 Å². The predicted molar refractivity (Wildman–Crippen MR) is 68.7 cm³/mol. The maximum Gasteiger partial charge on any atom is 0.315 e. The molecule has 17 heavy (non-hydrogen) atoms. The van der Waals surface area contributed by atoms with Crippen LogP contribution in [0.4, 0.5) is 4.79 Å². The average molecular weight is 239 g/mol. The van der Waals surface area contributed by atoms with Crippen molar-refractivity contribution in [1.82, 2.24) is 10.6 Å². The second-order valence-corrected chi connectivity index (χ2v) is 5.62. The van der Waals surface area contributed by atoms with Crippen LogP contribution in [0.15, 0.2) is 0 Å². The number of urea groups is 1. The van der Waals surface area contributed by atoms with Crippen molar-refractivity contribution in [3.63, 3.8) is 0 Å². The molecule has 2 aliphatic rings. The van der Waals surface area contributed by atoms with Gasteiger partial charge in [0.1, 0.15) is 0 Å². The molecular weight excluding hydrogens is 214 g/mol. The van der Waals surface area contributed by atoms with Gasteiger partial charge in [-0.3, -0.25) is 0 Å². The number of amides is 2. The highest BCUT2D eigenvalue weighted by molar-refractivity contribution is 5.74. The van der Waals surface area contributed by atoms with E-state index in [0.29, 0.717) is 18.0 Å². The average Bonchev–Trinajstić information content (AvgIpc) is 2.81. The van der Waals surface area contributed by atoms with E-state index in [-0.39, 0.29) is 6.03 Å². The smallest absolute Gasteiger partial charge is 0.315 e. The molecule has 2 aliphatic carbocycles. The monoisotopic (exact) mass is 239 g/mol. The predicted octanol–water partition coefficient (Wildman–Crippen LogP) is 1.75. The van der Waals surface area contributed by atoms with E-state index >= 15 is 0 Å². The van der Waals surface area contributed by atoms with E-state index in [0.717, 1.165) is 45.1 Å². The van der Waals surface area contributed by atoms with Gasteiger partial charge in [-0.15, -0.1) is 0 Å².